The van der Waals surface area contributed by atoms with E-state index in [1.807, 2.05) is 6.07 Å². The second-order valence-electron chi connectivity index (χ2n) is 7.86. The minimum atomic E-state index is -0.605. The lowest BCUT2D eigenvalue weighted by atomic mass is 10.00. The number of nitrogens with one attached hydrogen (secondary N) is 3. The van der Waals surface area contributed by atoms with Gasteiger partial charge in [-0.2, -0.15) is 5.26 Å². The number of benzene rings is 2. The molecule has 156 valence electrons. The third-order valence-electron chi connectivity index (χ3n) is 4.25. The molecular formula is C22H24N4O4. The van der Waals surface area contributed by atoms with Crippen LogP contribution in [0, 0.1) is 11.3 Å². The minimum absolute atomic E-state index is 0.298. The number of rotatable bonds is 3. The van der Waals surface area contributed by atoms with Gasteiger partial charge in [-0.15, -0.1) is 0 Å². The fraction of sp³-hybridized carbons (Fsp3) is 0.318. The number of nitrogens with zero attached hydrogens (tertiary/aromatic N) is 1. The molecule has 0 saturated carbocycles. The van der Waals surface area contributed by atoms with Crippen LogP contribution in [0.4, 0.5) is 21.0 Å². The molecule has 0 spiro atoms. The largest absolute Gasteiger partial charge is 0.493 e. The number of ether oxygens (including phenoxy) is 2. The van der Waals surface area contributed by atoms with Crippen molar-refractivity contribution in [3.05, 3.63) is 53.6 Å². The Morgan fingerprint density at radius 1 is 1.13 bits per heavy atom. The van der Waals surface area contributed by atoms with Gasteiger partial charge in [-0.05, 0) is 57.2 Å². The third-order valence-corrected chi connectivity index (χ3v) is 4.25. The molecule has 0 bridgehead atoms. The van der Waals surface area contributed by atoms with E-state index in [4.69, 9.17) is 14.7 Å². The van der Waals surface area contributed by atoms with Crippen LogP contribution >= 0.6 is 0 Å². The second-order valence-corrected chi connectivity index (χ2v) is 7.86. The van der Waals surface area contributed by atoms with Gasteiger partial charge in [0.1, 0.15) is 11.4 Å². The van der Waals surface area contributed by atoms with Crippen LogP contribution in [0.3, 0.4) is 0 Å². The normalized spacial score (nSPS) is 15.1. The summed E-state index contributed by atoms with van der Waals surface area (Å²) >= 11 is 0. The molecule has 1 aliphatic rings. The van der Waals surface area contributed by atoms with E-state index in [0.29, 0.717) is 35.7 Å². The number of amides is 3. The molecule has 1 atom stereocenters. The van der Waals surface area contributed by atoms with E-state index in [9.17, 15) is 9.59 Å². The first kappa shape index (κ1) is 21.0. The van der Waals surface area contributed by atoms with Crippen LogP contribution in [0.2, 0.25) is 0 Å². The number of nitriles is 1. The minimum Gasteiger partial charge on any atom is -0.493 e. The fourth-order valence-corrected chi connectivity index (χ4v) is 3.04. The van der Waals surface area contributed by atoms with Crippen LogP contribution in [-0.4, -0.2) is 24.3 Å². The van der Waals surface area contributed by atoms with Gasteiger partial charge >= 0.3 is 12.1 Å². The van der Waals surface area contributed by atoms with Gasteiger partial charge in [0.2, 0.25) is 0 Å². The van der Waals surface area contributed by atoms with Gasteiger partial charge in [0.05, 0.1) is 24.3 Å². The topological polar surface area (TPSA) is 112 Å². The summed E-state index contributed by atoms with van der Waals surface area (Å²) in [4.78, 5) is 24.5. The molecule has 1 aliphatic heterocycles. The number of hydrogen-bond acceptors (Lipinski definition) is 5. The lowest BCUT2D eigenvalue weighted by Crippen LogP contribution is -2.35. The number of hydrogen-bond donors (Lipinski definition) is 3. The average molecular weight is 408 g/mol. The molecule has 1 heterocycles. The van der Waals surface area contributed by atoms with Crippen molar-refractivity contribution < 1.29 is 19.1 Å². The highest BCUT2D eigenvalue weighted by Crippen LogP contribution is 2.34. The molecule has 0 fully saturated rings. The molecule has 8 heteroatoms. The Bertz CT molecular complexity index is 991. The predicted octanol–water partition coefficient (Wildman–Crippen LogP) is 4.55. The standard InChI is InChI=1S/C22H24N4O4/c1-22(2,3)30-21(28)25-16-7-8-19-17(12-16)18(9-10-29-19)26-20(27)24-15-6-4-5-14(11-15)13-23/h4-8,11-12,18H,9-10H2,1-3H3,(H,25,28)(H2,24,26,27)/t18-/m1/s1. The zero-order valence-electron chi connectivity index (χ0n) is 17.1. The van der Waals surface area contributed by atoms with Crippen molar-refractivity contribution in [3.63, 3.8) is 0 Å². The summed E-state index contributed by atoms with van der Waals surface area (Å²) in [6, 6.07) is 13.3. The molecule has 0 aromatic heterocycles. The van der Waals surface area contributed by atoms with Gasteiger partial charge in [0.25, 0.3) is 0 Å². The highest BCUT2D eigenvalue weighted by molar-refractivity contribution is 5.90. The van der Waals surface area contributed by atoms with Crippen molar-refractivity contribution in [2.24, 2.45) is 0 Å². The molecule has 8 nitrogen and oxygen atoms in total. The van der Waals surface area contributed by atoms with E-state index in [2.05, 4.69) is 16.0 Å². The lowest BCUT2D eigenvalue weighted by molar-refractivity contribution is 0.0636. The fourth-order valence-electron chi connectivity index (χ4n) is 3.04. The van der Waals surface area contributed by atoms with Crippen molar-refractivity contribution >= 4 is 23.5 Å². The molecular weight excluding hydrogens is 384 g/mol. The molecule has 3 amide bonds. The Kier molecular flexibility index (Phi) is 6.11. The summed E-state index contributed by atoms with van der Waals surface area (Å²) in [6.07, 6.45) is 0.0213. The van der Waals surface area contributed by atoms with E-state index in [0.717, 1.165) is 5.56 Å². The van der Waals surface area contributed by atoms with Crippen molar-refractivity contribution in [2.45, 2.75) is 38.8 Å². The van der Waals surface area contributed by atoms with Gasteiger partial charge in [0, 0.05) is 23.4 Å². The number of carbonyl (C=O) groups excluding carboxylic acids is 2. The first-order valence-electron chi connectivity index (χ1n) is 9.58. The van der Waals surface area contributed by atoms with Crippen LogP contribution in [0.1, 0.15) is 44.4 Å². The van der Waals surface area contributed by atoms with Gasteiger partial charge in [-0.25, -0.2) is 9.59 Å². The maximum absolute atomic E-state index is 12.5. The average Bonchev–Trinajstić information content (AvgIpc) is 2.67. The molecule has 0 unspecified atom stereocenters. The summed E-state index contributed by atoms with van der Waals surface area (Å²) in [5.41, 5.74) is 1.69. The molecule has 0 aliphatic carbocycles. The van der Waals surface area contributed by atoms with Gasteiger partial charge in [0.15, 0.2) is 0 Å². The lowest BCUT2D eigenvalue weighted by Gasteiger charge is -2.27. The zero-order chi connectivity index (χ0) is 21.7. The van der Waals surface area contributed by atoms with E-state index < -0.39 is 17.7 Å². The van der Waals surface area contributed by atoms with Gasteiger partial charge in [-0.1, -0.05) is 6.07 Å². The first-order chi connectivity index (χ1) is 14.2. The predicted molar refractivity (Wildman–Crippen MR) is 112 cm³/mol. The second kappa shape index (κ2) is 8.74. The summed E-state index contributed by atoms with van der Waals surface area (Å²) < 4.78 is 11.0. The molecule has 30 heavy (non-hydrogen) atoms. The van der Waals surface area contributed by atoms with E-state index in [-0.39, 0.29) is 6.04 Å². The van der Waals surface area contributed by atoms with E-state index >= 15 is 0 Å². The molecule has 3 rings (SSSR count). The van der Waals surface area contributed by atoms with Crippen LogP contribution in [0.25, 0.3) is 0 Å². The van der Waals surface area contributed by atoms with Crippen molar-refractivity contribution in [1.29, 1.82) is 5.26 Å². The smallest absolute Gasteiger partial charge is 0.412 e. The van der Waals surface area contributed by atoms with Crippen LogP contribution < -0.4 is 20.7 Å². The maximum atomic E-state index is 12.5. The van der Waals surface area contributed by atoms with Crippen molar-refractivity contribution in [2.75, 3.05) is 17.2 Å². The van der Waals surface area contributed by atoms with Crippen LogP contribution in [-0.2, 0) is 4.74 Å². The quantitative estimate of drug-likeness (QED) is 0.690. The Balaban J connectivity index is 1.70. The highest BCUT2D eigenvalue weighted by atomic mass is 16.6. The summed E-state index contributed by atoms with van der Waals surface area (Å²) in [7, 11) is 0. The van der Waals surface area contributed by atoms with Crippen LogP contribution in [0.5, 0.6) is 5.75 Å². The molecule has 0 radical (unpaired) electrons. The van der Waals surface area contributed by atoms with Gasteiger partial charge < -0.3 is 20.1 Å². The SMILES string of the molecule is CC(C)(C)OC(=O)Nc1ccc2c(c1)[C@H](NC(=O)Nc1cccc(C#N)c1)CCO2. The van der Waals surface area contributed by atoms with E-state index in [1.165, 1.54) is 0 Å². The number of urea groups is 1. The highest BCUT2D eigenvalue weighted by Gasteiger charge is 2.24. The summed E-state index contributed by atoms with van der Waals surface area (Å²) in [5, 5.41) is 17.3. The third kappa shape index (κ3) is 5.64. The Hall–Kier alpha value is -3.73. The summed E-state index contributed by atoms with van der Waals surface area (Å²) in [6.45, 7) is 5.83. The molecule has 3 N–H and O–H groups in total. The Morgan fingerprint density at radius 3 is 2.63 bits per heavy atom. The number of fused-ring (bicyclic) bond motifs is 1. The van der Waals surface area contributed by atoms with Crippen molar-refractivity contribution in [3.8, 4) is 11.8 Å². The van der Waals surface area contributed by atoms with E-state index in [1.54, 1.807) is 63.2 Å². The Morgan fingerprint density at radius 2 is 1.90 bits per heavy atom. The monoisotopic (exact) mass is 408 g/mol. The maximum Gasteiger partial charge on any atom is 0.412 e. The summed E-state index contributed by atoms with van der Waals surface area (Å²) in [5.74, 6) is 0.646. The number of carbonyl (C=O) groups is 2. The Labute approximate surface area is 175 Å². The molecule has 2 aromatic rings. The zero-order valence-corrected chi connectivity index (χ0v) is 17.1. The first-order valence-corrected chi connectivity index (χ1v) is 9.58. The van der Waals surface area contributed by atoms with Crippen LogP contribution in [0.15, 0.2) is 42.5 Å². The van der Waals surface area contributed by atoms with Crippen molar-refractivity contribution in [1.82, 2.24) is 5.32 Å². The molecule has 2 aromatic carbocycles. The number of anilines is 2. The molecule has 0 saturated heterocycles. The van der Waals surface area contributed by atoms with Gasteiger partial charge in [-0.3, -0.25) is 5.32 Å².